The Balaban J connectivity index is 1.50. The highest BCUT2D eigenvalue weighted by Gasteiger charge is 2.31. The molecule has 11 heteroatoms. The van der Waals surface area contributed by atoms with Crippen LogP contribution in [-0.4, -0.2) is 74.9 Å². The van der Waals surface area contributed by atoms with E-state index >= 15 is 0 Å². The molecule has 2 aromatic rings. The first-order chi connectivity index (χ1) is 15.7. The fourth-order valence-corrected chi connectivity index (χ4v) is 3.40. The Kier molecular flexibility index (Phi) is 7.64. The van der Waals surface area contributed by atoms with Crippen LogP contribution >= 0.6 is 0 Å². The third-order valence-electron chi connectivity index (χ3n) is 5.04. The maximum atomic E-state index is 12.9. The van der Waals surface area contributed by atoms with Crippen molar-refractivity contribution in [2.24, 2.45) is 0 Å². The lowest BCUT2D eigenvalue weighted by molar-refractivity contribution is -0.274. The van der Waals surface area contributed by atoms with Gasteiger partial charge in [-0.25, -0.2) is 0 Å². The van der Waals surface area contributed by atoms with Gasteiger partial charge in [0.05, 0.1) is 26.3 Å². The van der Waals surface area contributed by atoms with Crippen molar-refractivity contribution < 1.29 is 37.0 Å². The minimum absolute atomic E-state index is 0.0886. The third kappa shape index (κ3) is 6.75. The fraction of sp³-hybridized carbons (Fsp3) is 0.364. The zero-order chi connectivity index (χ0) is 24.0. The van der Waals surface area contributed by atoms with Gasteiger partial charge >= 0.3 is 6.36 Å². The summed E-state index contributed by atoms with van der Waals surface area (Å²) in [5.41, 5.74) is 0.759. The zero-order valence-corrected chi connectivity index (χ0v) is 18.1. The lowest BCUT2D eigenvalue weighted by atomic mass is 10.1. The Hall–Kier alpha value is -3.47. The number of hydrogen-bond acceptors (Lipinski definition) is 6. The van der Waals surface area contributed by atoms with Gasteiger partial charge in [0.15, 0.2) is 0 Å². The van der Waals surface area contributed by atoms with Gasteiger partial charge in [-0.2, -0.15) is 0 Å². The fourth-order valence-electron chi connectivity index (χ4n) is 3.40. The SMILES string of the molecule is COc1ccc(OC)c(C(=O)N2CCN(CC(=O)Nc3ccc(OC(F)(F)F)cc3)CC2)c1. The molecule has 8 nitrogen and oxygen atoms in total. The van der Waals surface area contributed by atoms with Crippen molar-refractivity contribution in [3.8, 4) is 17.2 Å². The molecule has 0 bridgehead atoms. The minimum atomic E-state index is -4.77. The van der Waals surface area contributed by atoms with E-state index in [1.54, 1.807) is 23.1 Å². The van der Waals surface area contributed by atoms with Crippen LogP contribution in [0.5, 0.6) is 17.2 Å². The van der Waals surface area contributed by atoms with Gasteiger partial charge in [0, 0.05) is 31.9 Å². The summed E-state index contributed by atoms with van der Waals surface area (Å²) in [6.07, 6.45) is -4.77. The number of ether oxygens (including phenoxy) is 3. The Bertz CT molecular complexity index is 974. The van der Waals surface area contributed by atoms with Gasteiger partial charge < -0.3 is 24.4 Å². The van der Waals surface area contributed by atoms with E-state index < -0.39 is 6.36 Å². The van der Waals surface area contributed by atoms with E-state index in [1.165, 1.54) is 26.4 Å². The Labute approximate surface area is 188 Å². The second-order valence-corrected chi connectivity index (χ2v) is 7.25. The van der Waals surface area contributed by atoms with Crippen LogP contribution in [0, 0.1) is 0 Å². The van der Waals surface area contributed by atoms with Crippen molar-refractivity contribution in [1.82, 2.24) is 9.80 Å². The number of rotatable bonds is 7. The minimum Gasteiger partial charge on any atom is -0.497 e. The van der Waals surface area contributed by atoms with Gasteiger partial charge in [-0.15, -0.1) is 13.2 Å². The quantitative estimate of drug-likeness (QED) is 0.675. The monoisotopic (exact) mass is 467 g/mol. The maximum absolute atomic E-state index is 12.9. The summed E-state index contributed by atoms with van der Waals surface area (Å²) in [7, 11) is 3.01. The molecule has 3 rings (SSSR count). The number of nitrogens with zero attached hydrogens (tertiary/aromatic N) is 2. The van der Waals surface area contributed by atoms with E-state index in [4.69, 9.17) is 9.47 Å². The van der Waals surface area contributed by atoms with Crippen LogP contribution in [0.15, 0.2) is 42.5 Å². The molecular formula is C22H24F3N3O5. The molecule has 178 valence electrons. The summed E-state index contributed by atoms with van der Waals surface area (Å²) in [6, 6.07) is 9.93. The number of methoxy groups -OCH3 is 2. The van der Waals surface area contributed by atoms with E-state index in [0.717, 1.165) is 12.1 Å². The topological polar surface area (TPSA) is 80.3 Å². The van der Waals surface area contributed by atoms with E-state index in [2.05, 4.69) is 10.1 Å². The van der Waals surface area contributed by atoms with Gasteiger partial charge in [-0.05, 0) is 42.5 Å². The lowest BCUT2D eigenvalue weighted by Crippen LogP contribution is -2.50. The summed E-state index contributed by atoms with van der Waals surface area (Å²) >= 11 is 0. The van der Waals surface area contributed by atoms with Crippen molar-refractivity contribution in [3.63, 3.8) is 0 Å². The molecule has 0 unspecified atom stereocenters. The molecule has 1 N–H and O–H groups in total. The number of benzene rings is 2. The van der Waals surface area contributed by atoms with Crippen molar-refractivity contribution in [2.45, 2.75) is 6.36 Å². The second kappa shape index (κ2) is 10.4. The maximum Gasteiger partial charge on any atom is 0.573 e. The molecule has 0 spiro atoms. The summed E-state index contributed by atoms with van der Waals surface area (Å²) in [5, 5.41) is 2.64. The van der Waals surface area contributed by atoms with E-state index in [1.807, 2.05) is 4.90 Å². The molecule has 1 aliphatic rings. The van der Waals surface area contributed by atoms with E-state index in [-0.39, 0.29) is 24.1 Å². The van der Waals surface area contributed by atoms with Crippen molar-refractivity contribution in [2.75, 3.05) is 52.3 Å². The standard InChI is InChI=1S/C22H24F3N3O5/c1-31-17-7-8-19(32-2)18(13-17)21(30)28-11-9-27(10-12-28)14-20(29)26-15-3-5-16(6-4-15)33-22(23,24)25/h3-8,13H,9-12,14H2,1-2H3,(H,26,29). The number of piperazine rings is 1. The molecule has 1 fully saturated rings. The number of hydrogen-bond donors (Lipinski definition) is 1. The van der Waals surface area contributed by atoms with Gasteiger partial charge in [-0.3, -0.25) is 14.5 Å². The molecular weight excluding hydrogens is 443 g/mol. The molecule has 0 aliphatic carbocycles. The van der Waals surface area contributed by atoms with Crippen LogP contribution in [0.2, 0.25) is 0 Å². The molecule has 33 heavy (non-hydrogen) atoms. The van der Waals surface area contributed by atoms with Crippen molar-refractivity contribution in [1.29, 1.82) is 0 Å². The largest absolute Gasteiger partial charge is 0.573 e. The second-order valence-electron chi connectivity index (χ2n) is 7.25. The number of halogens is 3. The normalized spacial score (nSPS) is 14.5. The number of nitrogens with one attached hydrogen (secondary N) is 1. The average Bonchev–Trinajstić information content (AvgIpc) is 2.79. The smallest absolute Gasteiger partial charge is 0.497 e. The number of carbonyl (C=O) groups is 2. The van der Waals surface area contributed by atoms with Gasteiger partial charge in [-0.1, -0.05) is 0 Å². The third-order valence-corrected chi connectivity index (χ3v) is 5.04. The van der Waals surface area contributed by atoms with Crippen LogP contribution < -0.4 is 19.5 Å². The zero-order valence-electron chi connectivity index (χ0n) is 18.1. The molecule has 0 aromatic heterocycles. The predicted octanol–water partition coefficient (Wildman–Crippen LogP) is 3.00. The van der Waals surface area contributed by atoms with Crippen molar-refractivity contribution >= 4 is 17.5 Å². The molecule has 2 amide bonds. The number of anilines is 1. The Morgan fingerprint density at radius 2 is 1.58 bits per heavy atom. The van der Waals surface area contributed by atoms with Crippen LogP contribution in [-0.2, 0) is 4.79 Å². The lowest BCUT2D eigenvalue weighted by Gasteiger charge is -2.34. The molecule has 1 saturated heterocycles. The van der Waals surface area contributed by atoms with Gasteiger partial charge in [0.1, 0.15) is 17.2 Å². The highest BCUT2D eigenvalue weighted by Crippen LogP contribution is 2.26. The summed E-state index contributed by atoms with van der Waals surface area (Å²) in [4.78, 5) is 28.8. The molecule has 0 saturated carbocycles. The van der Waals surface area contributed by atoms with Crippen LogP contribution in [0.4, 0.5) is 18.9 Å². The first kappa shape index (κ1) is 24.2. The number of amides is 2. The highest BCUT2D eigenvalue weighted by molar-refractivity contribution is 5.97. The molecule has 1 aliphatic heterocycles. The average molecular weight is 467 g/mol. The summed E-state index contributed by atoms with van der Waals surface area (Å²) in [5.74, 6) is 0.139. The first-order valence-corrected chi connectivity index (χ1v) is 10.1. The Morgan fingerprint density at radius 3 is 2.15 bits per heavy atom. The summed E-state index contributed by atoms with van der Waals surface area (Å²) in [6.45, 7) is 1.92. The van der Waals surface area contributed by atoms with Crippen LogP contribution in [0.3, 0.4) is 0 Å². The highest BCUT2D eigenvalue weighted by atomic mass is 19.4. The van der Waals surface area contributed by atoms with Crippen LogP contribution in [0.25, 0.3) is 0 Å². The predicted molar refractivity (Wildman–Crippen MR) is 114 cm³/mol. The molecule has 0 atom stereocenters. The number of carbonyl (C=O) groups excluding carboxylic acids is 2. The molecule has 0 radical (unpaired) electrons. The number of alkyl halides is 3. The first-order valence-electron chi connectivity index (χ1n) is 10.1. The van der Waals surface area contributed by atoms with Gasteiger partial charge in [0.2, 0.25) is 5.91 Å². The van der Waals surface area contributed by atoms with Crippen LogP contribution in [0.1, 0.15) is 10.4 Å². The Morgan fingerprint density at radius 1 is 0.939 bits per heavy atom. The van der Waals surface area contributed by atoms with Crippen molar-refractivity contribution in [3.05, 3.63) is 48.0 Å². The molecule has 2 aromatic carbocycles. The van der Waals surface area contributed by atoms with E-state index in [9.17, 15) is 22.8 Å². The summed E-state index contributed by atoms with van der Waals surface area (Å²) < 4.78 is 51.0. The molecule has 1 heterocycles. The van der Waals surface area contributed by atoms with Gasteiger partial charge in [0.25, 0.3) is 5.91 Å². The van der Waals surface area contributed by atoms with E-state index in [0.29, 0.717) is 48.9 Å².